The van der Waals surface area contributed by atoms with Crippen LogP contribution in [0.2, 0.25) is 5.02 Å². The maximum atomic E-state index is 13.0. The van der Waals surface area contributed by atoms with Crippen molar-refractivity contribution in [3.8, 4) is 5.75 Å². The van der Waals surface area contributed by atoms with Gasteiger partial charge < -0.3 is 40.2 Å². The first kappa shape index (κ1) is 36.2. The number of aliphatic hydroxyl groups excluding tert-OH is 1. The molecule has 0 saturated heterocycles. The Morgan fingerprint density at radius 2 is 1.79 bits per heavy atom. The van der Waals surface area contributed by atoms with Crippen LogP contribution in [0.15, 0.2) is 41.2 Å². The lowest BCUT2D eigenvalue weighted by molar-refractivity contribution is -0.140. The summed E-state index contributed by atoms with van der Waals surface area (Å²) in [6.07, 6.45) is 1.83. The van der Waals surface area contributed by atoms with Gasteiger partial charge in [0, 0.05) is 31.2 Å². The van der Waals surface area contributed by atoms with Gasteiger partial charge in [0.2, 0.25) is 5.91 Å². The molecule has 13 heteroatoms. The fourth-order valence-corrected chi connectivity index (χ4v) is 5.41. The van der Waals surface area contributed by atoms with Crippen LogP contribution in [-0.4, -0.2) is 108 Å². The average Bonchev–Trinajstić information content (AvgIpc) is 3.40. The molecule has 1 aromatic heterocycles. The highest BCUT2D eigenvalue weighted by molar-refractivity contribution is 7.16. The summed E-state index contributed by atoms with van der Waals surface area (Å²) in [5.41, 5.74) is 2.63. The van der Waals surface area contributed by atoms with Gasteiger partial charge in [-0.2, -0.15) is 0 Å². The van der Waals surface area contributed by atoms with E-state index in [9.17, 15) is 14.7 Å². The first-order valence-electron chi connectivity index (χ1n) is 14.4. The third-order valence-corrected chi connectivity index (χ3v) is 7.91. The molecule has 0 bridgehead atoms. The van der Waals surface area contributed by atoms with Gasteiger partial charge >= 0.3 is 10.8 Å². The standard InChI is InChI=1S/C28H39ClN4O4S.C2H4O3/c1-3-32(4-2)16-17-33(25(35)12-19-37-18-11-21-6-5-7-23(29)20-21)15-14-30-13-10-22-8-9-24(34)26-27(22)38-28(36)31-26;3-1-2(4)5/h5-9,20,30,34H,3-4,10-19H2,1-2H3,(H,31,36);3H,1H2,(H,4,5). The predicted octanol–water partition coefficient (Wildman–Crippen LogP) is 2.96. The van der Waals surface area contributed by atoms with E-state index in [0.29, 0.717) is 56.4 Å². The molecule has 2 aromatic carbocycles. The smallest absolute Gasteiger partial charge is 0.329 e. The zero-order valence-corrected chi connectivity index (χ0v) is 26.4. The summed E-state index contributed by atoms with van der Waals surface area (Å²) in [4.78, 5) is 40.6. The molecule has 238 valence electrons. The average molecular weight is 639 g/mol. The molecule has 0 aliphatic heterocycles. The van der Waals surface area contributed by atoms with E-state index >= 15 is 0 Å². The highest BCUT2D eigenvalue weighted by Crippen LogP contribution is 2.27. The van der Waals surface area contributed by atoms with Crippen molar-refractivity contribution in [2.24, 2.45) is 0 Å². The summed E-state index contributed by atoms with van der Waals surface area (Å²) < 4.78 is 6.54. The predicted molar refractivity (Wildman–Crippen MR) is 170 cm³/mol. The Labute approximate surface area is 261 Å². The zero-order chi connectivity index (χ0) is 31.6. The number of fused-ring (bicyclic) bond motifs is 1. The molecule has 3 aromatic rings. The third kappa shape index (κ3) is 13.5. The number of thiazole rings is 1. The lowest BCUT2D eigenvalue weighted by Gasteiger charge is -2.27. The van der Waals surface area contributed by atoms with Crippen LogP contribution in [0.4, 0.5) is 0 Å². The largest absolute Gasteiger partial charge is 0.506 e. The number of carbonyl (C=O) groups excluding carboxylic acids is 1. The number of aromatic amines is 1. The van der Waals surface area contributed by atoms with Gasteiger partial charge in [0.15, 0.2) is 0 Å². The quantitative estimate of drug-likeness (QED) is 0.132. The Bertz CT molecular complexity index is 1330. The highest BCUT2D eigenvalue weighted by Gasteiger charge is 2.15. The van der Waals surface area contributed by atoms with Crippen molar-refractivity contribution >= 4 is 45.0 Å². The SMILES string of the molecule is CCN(CC)CCN(CCNCCc1ccc(O)c2[nH]c(=O)sc12)C(=O)CCOCCc1cccc(Cl)c1.O=C(O)CO. The zero-order valence-electron chi connectivity index (χ0n) is 24.8. The first-order valence-corrected chi connectivity index (χ1v) is 15.6. The molecule has 5 N–H and O–H groups in total. The Balaban J connectivity index is 0.00000119. The van der Waals surface area contributed by atoms with Crippen molar-refractivity contribution in [2.45, 2.75) is 33.1 Å². The minimum atomic E-state index is -1.19. The molecule has 0 radical (unpaired) electrons. The number of amides is 1. The number of aliphatic hydroxyl groups is 1. The number of halogens is 1. The molecular weight excluding hydrogens is 596 g/mol. The number of aromatic nitrogens is 1. The number of nitrogens with zero attached hydrogens (tertiary/aromatic N) is 2. The van der Waals surface area contributed by atoms with E-state index < -0.39 is 12.6 Å². The van der Waals surface area contributed by atoms with Crippen molar-refractivity contribution in [2.75, 3.05) is 65.6 Å². The van der Waals surface area contributed by atoms with E-state index in [1.165, 1.54) is 0 Å². The van der Waals surface area contributed by atoms with E-state index in [-0.39, 0.29) is 16.5 Å². The fraction of sp³-hybridized carbons (Fsp3) is 0.500. The number of aromatic hydroxyl groups is 1. The van der Waals surface area contributed by atoms with Crippen LogP contribution in [0.1, 0.15) is 31.4 Å². The molecule has 43 heavy (non-hydrogen) atoms. The number of phenolic OH excluding ortho intramolecular Hbond substituents is 1. The number of nitrogens with one attached hydrogen (secondary N) is 2. The number of hydrogen-bond acceptors (Lipinski definition) is 9. The summed E-state index contributed by atoms with van der Waals surface area (Å²) in [7, 11) is 0. The molecule has 0 atom stereocenters. The number of aliphatic carboxylic acids is 1. The van der Waals surface area contributed by atoms with Gasteiger partial charge in [-0.25, -0.2) is 4.79 Å². The number of H-pyrrole nitrogens is 1. The van der Waals surface area contributed by atoms with Crippen molar-refractivity contribution in [1.82, 2.24) is 20.1 Å². The molecule has 0 unspecified atom stereocenters. The maximum absolute atomic E-state index is 13.0. The molecule has 0 aliphatic rings. The van der Waals surface area contributed by atoms with Crippen molar-refractivity contribution in [3.05, 3.63) is 62.2 Å². The van der Waals surface area contributed by atoms with Crippen LogP contribution >= 0.6 is 22.9 Å². The molecular formula is C30H43ClN4O7S. The topological polar surface area (TPSA) is 155 Å². The van der Waals surface area contributed by atoms with E-state index in [0.717, 1.165) is 59.6 Å². The van der Waals surface area contributed by atoms with E-state index in [4.69, 9.17) is 31.3 Å². The van der Waals surface area contributed by atoms with Crippen LogP contribution in [-0.2, 0) is 27.2 Å². The summed E-state index contributed by atoms with van der Waals surface area (Å²) in [5.74, 6) is -1.00. The summed E-state index contributed by atoms with van der Waals surface area (Å²) in [6.45, 7) is 9.85. The second kappa shape index (κ2) is 20.0. The van der Waals surface area contributed by atoms with Gasteiger partial charge in [-0.1, -0.05) is 55.0 Å². The number of ether oxygens (including phenoxy) is 1. The lowest BCUT2D eigenvalue weighted by Crippen LogP contribution is -2.42. The molecule has 1 heterocycles. The number of carboxylic acid groups (broad SMARTS) is 1. The van der Waals surface area contributed by atoms with Gasteiger partial charge in [0.25, 0.3) is 0 Å². The Morgan fingerprint density at radius 1 is 1.05 bits per heavy atom. The van der Waals surface area contributed by atoms with Crippen molar-refractivity contribution < 1.29 is 29.6 Å². The minimum Gasteiger partial charge on any atom is -0.506 e. The van der Waals surface area contributed by atoms with Gasteiger partial charge in [-0.3, -0.25) is 9.59 Å². The third-order valence-electron chi connectivity index (χ3n) is 6.72. The minimum absolute atomic E-state index is 0.0888. The molecule has 11 nitrogen and oxygen atoms in total. The van der Waals surface area contributed by atoms with Crippen LogP contribution in [0.3, 0.4) is 0 Å². The number of benzene rings is 2. The number of phenols is 1. The Hall–Kier alpha value is -3.00. The van der Waals surface area contributed by atoms with Gasteiger partial charge in [0.05, 0.1) is 24.3 Å². The monoisotopic (exact) mass is 638 g/mol. The Morgan fingerprint density at radius 3 is 2.47 bits per heavy atom. The molecule has 1 amide bonds. The van der Waals surface area contributed by atoms with Crippen LogP contribution in [0.5, 0.6) is 5.75 Å². The summed E-state index contributed by atoms with van der Waals surface area (Å²) in [5, 5.41) is 29.1. The van der Waals surface area contributed by atoms with Crippen molar-refractivity contribution in [3.63, 3.8) is 0 Å². The normalized spacial score (nSPS) is 11.0. The van der Waals surface area contributed by atoms with E-state index in [2.05, 4.69) is 29.0 Å². The van der Waals surface area contributed by atoms with Gasteiger partial charge in [0.1, 0.15) is 17.9 Å². The van der Waals surface area contributed by atoms with E-state index in [1.54, 1.807) is 6.07 Å². The molecule has 0 spiro atoms. The summed E-state index contributed by atoms with van der Waals surface area (Å²) >= 11 is 7.15. The van der Waals surface area contributed by atoms with Crippen LogP contribution < -0.4 is 10.2 Å². The maximum Gasteiger partial charge on any atom is 0.329 e. The molecule has 0 saturated carbocycles. The summed E-state index contributed by atoms with van der Waals surface area (Å²) in [6, 6.07) is 11.2. The Kier molecular flexibility index (Phi) is 16.9. The lowest BCUT2D eigenvalue weighted by atomic mass is 10.1. The van der Waals surface area contributed by atoms with Crippen molar-refractivity contribution in [1.29, 1.82) is 0 Å². The van der Waals surface area contributed by atoms with Gasteiger partial charge in [-0.05, 0) is 61.8 Å². The second-order valence-corrected chi connectivity index (χ2v) is 11.1. The van der Waals surface area contributed by atoms with Crippen LogP contribution in [0, 0.1) is 0 Å². The molecule has 3 rings (SSSR count). The number of rotatable bonds is 18. The van der Waals surface area contributed by atoms with Gasteiger partial charge in [-0.15, -0.1) is 0 Å². The molecule has 0 aliphatic carbocycles. The molecule has 0 fully saturated rings. The van der Waals surface area contributed by atoms with Crippen LogP contribution in [0.25, 0.3) is 10.2 Å². The number of carboxylic acids is 1. The fourth-order valence-electron chi connectivity index (χ4n) is 4.30. The number of hydrogen-bond donors (Lipinski definition) is 5. The van der Waals surface area contributed by atoms with E-state index in [1.807, 2.05) is 35.2 Å². The number of carbonyl (C=O) groups is 2. The number of likely N-dealkylation sites (N-methyl/N-ethyl adjacent to an activating group) is 1. The highest BCUT2D eigenvalue weighted by atomic mass is 35.5. The first-order chi connectivity index (χ1) is 20.7. The second-order valence-electron chi connectivity index (χ2n) is 9.66.